The van der Waals surface area contributed by atoms with Crippen LogP contribution in [0.4, 0.5) is 4.39 Å². The molecule has 0 saturated heterocycles. The Balaban J connectivity index is 3.22. The minimum absolute atomic E-state index is 0.0228. The van der Waals surface area contributed by atoms with Crippen molar-refractivity contribution in [3.05, 3.63) is 23.5 Å². The Kier molecular flexibility index (Phi) is 3.11. The van der Waals surface area contributed by atoms with Crippen molar-refractivity contribution in [2.24, 2.45) is 5.73 Å². The van der Waals surface area contributed by atoms with E-state index >= 15 is 0 Å². The van der Waals surface area contributed by atoms with E-state index in [2.05, 4.69) is 4.74 Å². The summed E-state index contributed by atoms with van der Waals surface area (Å²) in [7, 11) is 1.23. The second-order valence-corrected chi connectivity index (χ2v) is 2.87. The lowest BCUT2D eigenvalue weighted by atomic mass is 10.1. The molecule has 0 bridgehead atoms. The van der Waals surface area contributed by atoms with Gasteiger partial charge in [0.05, 0.1) is 7.11 Å². The number of hydrogen-bond acceptors (Lipinski definition) is 4. The molecule has 0 aliphatic carbocycles. The summed E-state index contributed by atoms with van der Waals surface area (Å²) in [6.45, 7) is 0. The molecule has 0 fully saturated rings. The Labute approximate surface area is 84.9 Å². The Hall–Kier alpha value is -1.82. The highest BCUT2D eigenvalue weighted by atomic mass is 19.1. The SMILES string of the molecule is COc1cc([C@H](N)C(=O)O)cc(F)c1O. The summed E-state index contributed by atoms with van der Waals surface area (Å²) in [5.41, 5.74) is 5.30. The van der Waals surface area contributed by atoms with Crippen LogP contribution in [0.1, 0.15) is 11.6 Å². The summed E-state index contributed by atoms with van der Waals surface area (Å²) in [6, 6.07) is 0.683. The molecule has 1 rings (SSSR count). The molecule has 0 heterocycles. The van der Waals surface area contributed by atoms with Gasteiger partial charge in [0, 0.05) is 0 Å². The van der Waals surface area contributed by atoms with Crippen molar-refractivity contribution < 1.29 is 24.1 Å². The molecule has 0 aliphatic rings. The number of rotatable bonds is 3. The lowest BCUT2D eigenvalue weighted by Gasteiger charge is -2.10. The molecule has 1 aromatic rings. The maximum atomic E-state index is 13.1. The van der Waals surface area contributed by atoms with E-state index in [0.29, 0.717) is 0 Å². The van der Waals surface area contributed by atoms with Crippen LogP contribution in [0.2, 0.25) is 0 Å². The second-order valence-electron chi connectivity index (χ2n) is 2.87. The molecule has 6 heteroatoms. The number of aromatic hydroxyl groups is 1. The average Bonchev–Trinajstić information content (AvgIpc) is 2.20. The van der Waals surface area contributed by atoms with Gasteiger partial charge >= 0.3 is 5.97 Å². The van der Waals surface area contributed by atoms with Crippen LogP contribution in [-0.4, -0.2) is 23.3 Å². The van der Waals surface area contributed by atoms with E-state index in [1.54, 1.807) is 0 Å². The molecule has 5 nitrogen and oxygen atoms in total. The molecule has 0 aliphatic heterocycles. The van der Waals surface area contributed by atoms with Gasteiger partial charge in [0.25, 0.3) is 0 Å². The monoisotopic (exact) mass is 215 g/mol. The topological polar surface area (TPSA) is 92.8 Å². The van der Waals surface area contributed by atoms with E-state index in [0.717, 1.165) is 6.07 Å². The zero-order valence-electron chi connectivity index (χ0n) is 7.90. The molecular weight excluding hydrogens is 205 g/mol. The number of phenolic OH excluding ortho intramolecular Hbond substituents is 1. The number of aliphatic carboxylic acids is 1. The van der Waals surface area contributed by atoms with Crippen LogP contribution < -0.4 is 10.5 Å². The smallest absolute Gasteiger partial charge is 0.325 e. The Bertz CT molecular complexity index is 394. The molecule has 0 unspecified atom stereocenters. The largest absolute Gasteiger partial charge is 0.502 e. The molecule has 15 heavy (non-hydrogen) atoms. The van der Waals surface area contributed by atoms with Gasteiger partial charge in [0.1, 0.15) is 6.04 Å². The highest BCUT2D eigenvalue weighted by Crippen LogP contribution is 2.31. The number of ether oxygens (including phenoxy) is 1. The standard InChI is InChI=1S/C9H10FNO4/c1-15-6-3-4(7(11)9(13)14)2-5(10)8(6)12/h2-3,7,12H,11H2,1H3,(H,13,14)/t7-/m0/s1. The Morgan fingerprint density at radius 1 is 1.60 bits per heavy atom. The average molecular weight is 215 g/mol. The van der Waals surface area contributed by atoms with E-state index in [-0.39, 0.29) is 11.3 Å². The molecule has 0 amide bonds. The van der Waals surface area contributed by atoms with E-state index in [4.69, 9.17) is 15.9 Å². The predicted octanol–water partition coefficient (Wildman–Crippen LogP) is 0.624. The number of hydrogen-bond donors (Lipinski definition) is 3. The zero-order valence-corrected chi connectivity index (χ0v) is 7.90. The molecule has 4 N–H and O–H groups in total. The number of benzene rings is 1. The lowest BCUT2D eigenvalue weighted by Crippen LogP contribution is -2.20. The quantitative estimate of drug-likeness (QED) is 0.687. The Morgan fingerprint density at radius 2 is 2.20 bits per heavy atom. The first-order valence-electron chi connectivity index (χ1n) is 4.02. The van der Waals surface area contributed by atoms with Crippen LogP contribution >= 0.6 is 0 Å². The van der Waals surface area contributed by atoms with Gasteiger partial charge in [-0.05, 0) is 17.7 Å². The van der Waals surface area contributed by atoms with Gasteiger partial charge in [-0.15, -0.1) is 0 Å². The number of carboxylic acid groups (broad SMARTS) is 1. The third kappa shape index (κ3) is 2.16. The van der Waals surface area contributed by atoms with Crippen molar-refractivity contribution in [2.45, 2.75) is 6.04 Å². The number of carboxylic acids is 1. The predicted molar refractivity (Wildman–Crippen MR) is 49.2 cm³/mol. The summed E-state index contributed by atoms with van der Waals surface area (Å²) < 4.78 is 17.7. The highest BCUT2D eigenvalue weighted by molar-refractivity contribution is 5.75. The first-order chi connectivity index (χ1) is 6.97. The molecule has 0 aromatic heterocycles. The van der Waals surface area contributed by atoms with Crippen molar-refractivity contribution in [3.8, 4) is 11.5 Å². The molecule has 82 valence electrons. The minimum atomic E-state index is -1.35. The summed E-state index contributed by atoms with van der Waals surface area (Å²) in [4.78, 5) is 10.5. The van der Waals surface area contributed by atoms with Crippen LogP contribution in [0.5, 0.6) is 11.5 Å². The first kappa shape index (κ1) is 11.3. The zero-order chi connectivity index (χ0) is 11.6. The maximum absolute atomic E-state index is 13.1. The number of phenols is 1. The number of halogens is 1. The van der Waals surface area contributed by atoms with Crippen molar-refractivity contribution >= 4 is 5.97 Å². The van der Waals surface area contributed by atoms with Gasteiger partial charge in [-0.3, -0.25) is 4.79 Å². The third-order valence-corrected chi connectivity index (χ3v) is 1.90. The fourth-order valence-corrected chi connectivity index (χ4v) is 1.07. The number of methoxy groups -OCH3 is 1. The van der Waals surface area contributed by atoms with Crippen molar-refractivity contribution in [2.75, 3.05) is 7.11 Å². The summed E-state index contributed by atoms with van der Waals surface area (Å²) >= 11 is 0. The Morgan fingerprint density at radius 3 is 2.67 bits per heavy atom. The van der Waals surface area contributed by atoms with Gasteiger partial charge in [0.2, 0.25) is 0 Å². The van der Waals surface area contributed by atoms with Crippen LogP contribution in [0, 0.1) is 5.82 Å². The molecule has 1 atom stereocenters. The van der Waals surface area contributed by atoms with E-state index < -0.39 is 23.6 Å². The molecule has 1 aromatic carbocycles. The maximum Gasteiger partial charge on any atom is 0.325 e. The molecule has 0 spiro atoms. The number of nitrogens with two attached hydrogens (primary N) is 1. The van der Waals surface area contributed by atoms with E-state index in [9.17, 15) is 9.18 Å². The summed E-state index contributed by atoms with van der Waals surface area (Å²) in [5, 5.41) is 17.8. The van der Waals surface area contributed by atoms with E-state index in [1.165, 1.54) is 13.2 Å². The fourth-order valence-electron chi connectivity index (χ4n) is 1.07. The summed E-state index contributed by atoms with van der Waals surface area (Å²) in [6.07, 6.45) is 0. The van der Waals surface area contributed by atoms with E-state index in [1.807, 2.05) is 0 Å². The van der Waals surface area contributed by atoms with Crippen LogP contribution in [0.25, 0.3) is 0 Å². The van der Waals surface area contributed by atoms with Crippen molar-refractivity contribution in [1.29, 1.82) is 0 Å². The van der Waals surface area contributed by atoms with Crippen LogP contribution in [0.15, 0.2) is 12.1 Å². The van der Waals surface area contributed by atoms with Gasteiger partial charge in [0.15, 0.2) is 17.3 Å². The first-order valence-corrected chi connectivity index (χ1v) is 4.02. The van der Waals surface area contributed by atoms with Gasteiger partial charge in [-0.1, -0.05) is 0 Å². The second kappa shape index (κ2) is 4.14. The third-order valence-electron chi connectivity index (χ3n) is 1.90. The van der Waals surface area contributed by atoms with Crippen LogP contribution in [-0.2, 0) is 4.79 Å². The fraction of sp³-hybridized carbons (Fsp3) is 0.222. The molecule has 0 saturated carbocycles. The molecule has 0 radical (unpaired) electrons. The summed E-state index contributed by atoms with van der Waals surface area (Å²) in [5.74, 6) is -3.08. The van der Waals surface area contributed by atoms with Crippen molar-refractivity contribution in [3.63, 3.8) is 0 Å². The van der Waals surface area contributed by atoms with Crippen molar-refractivity contribution in [1.82, 2.24) is 0 Å². The van der Waals surface area contributed by atoms with Gasteiger partial charge in [-0.2, -0.15) is 0 Å². The lowest BCUT2D eigenvalue weighted by molar-refractivity contribution is -0.138. The normalized spacial score (nSPS) is 12.2. The van der Waals surface area contributed by atoms with Gasteiger partial charge < -0.3 is 20.7 Å². The highest BCUT2D eigenvalue weighted by Gasteiger charge is 2.19. The minimum Gasteiger partial charge on any atom is -0.502 e. The number of carbonyl (C=O) groups is 1. The molecular formula is C9H10FNO4. The van der Waals surface area contributed by atoms with Gasteiger partial charge in [-0.25, -0.2) is 4.39 Å². The van der Waals surface area contributed by atoms with Crippen LogP contribution in [0.3, 0.4) is 0 Å².